The summed E-state index contributed by atoms with van der Waals surface area (Å²) in [4.78, 5) is 28.0. The fourth-order valence-electron chi connectivity index (χ4n) is 2.80. The van der Waals surface area contributed by atoms with Crippen molar-refractivity contribution in [3.63, 3.8) is 0 Å². The first-order valence-electron chi connectivity index (χ1n) is 7.10. The third kappa shape index (κ3) is 3.39. The van der Waals surface area contributed by atoms with E-state index in [1.165, 1.54) is 6.26 Å². The number of carbonyl (C=O) groups is 2. The van der Waals surface area contributed by atoms with Crippen molar-refractivity contribution in [2.45, 2.75) is 18.9 Å². The van der Waals surface area contributed by atoms with Gasteiger partial charge < -0.3 is 19.5 Å². The monoisotopic (exact) mass is 313 g/mol. The molecule has 1 aromatic rings. The van der Waals surface area contributed by atoms with E-state index in [1.54, 1.807) is 17.0 Å². The lowest BCUT2D eigenvalue weighted by molar-refractivity contribution is -0.134. The van der Waals surface area contributed by atoms with Gasteiger partial charge in [-0.1, -0.05) is 0 Å². The average Bonchev–Trinajstić information content (AvgIpc) is 3.18. The van der Waals surface area contributed by atoms with Gasteiger partial charge in [-0.05, 0) is 31.5 Å². The van der Waals surface area contributed by atoms with Crippen molar-refractivity contribution >= 4 is 24.2 Å². The Morgan fingerprint density at radius 1 is 1.19 bits per heavy atom. The van der Waals surface area contributed by atoms with Crippen molar-refractivity contribution in [3.05, 3.63) is 24.2 Å². The molecular weight excluding hydrogens is 294 g/mol. The highest BCUT2D eigenvalue weighted by molar-refractivity contribution is 5.91. The molecule has 3 heterocycles. The Morgan fingerprint density at radius 3 is 2.48 bits per heavy atom. The summed E-state index contributed by atoms with van der Waals surface area (Å²) in [6.45, 7) is 3.26. The second-order valence-electron chi connectivity index (χ2n) is 5.24. The van der Waals surface area contributed by atoms with Crippen molar-refractivity contribution in [3.8, 4) is 0 Å². The van der Waals surface area contributed by atoms with Gasteiger partial charge in [-0.3, -0.25) is 9.59 Å². The number of rotatable bonds is 2. The van der Waals surface area contributed by atoms with E-state index in [2.05, 4.69) is 5.32 Å². The summed E-state index contributed by atoms with van der Waals surface area (Å²) >= 11 is 0. The van der Waals surface area contributed by atoms with E-state index in [0.29, 0.717) is 31.9 Å². The quantitative estimate of drug-likeness (QED) is 0.874. The van der Waals surface area contributed by atoms with Gasteiger partial charge in [-0.15, -0.1) is 12.4 Å². The minimum absolute atomic E-state index is 0. The fourth-order valence-corrected chi connectivity index (χ4v) is 2.80. The zero-order valence-corrected chi connectivity index (χ0v) is 12.6. The van der Waals surface area contributed by atoms with Crippen LogP contribution in [0.4, 0.5) is 0 Å². The van der Waals surface area contributed by atoms with Crippen LogP contribution in [0.5, 0.6) is 0 Å². The average molecular weight is 314 g/mol. The number of furan rings is 1. The molecule has 6 nitrogen and oxygen atoms in total. The van der Waals surface area contributed by atoms with Crippen LogP contribution in [0.15, 0.2) is 22.8 Å². The van der Waals surface area contributed by atoms with Gasteiger partial charge in [-0.25, -0.2) is 0 Å². The molecule has 2 fully saturated rings. The summed E-state index contributed by atoms with van der Waals surface area (Å²) in [5.41, 5.74) is 0. The number of halogens is 1. The second-order valence-corrected chi connectivity index (χ2v) is 5.24. The highest BCUT2D eigenvalue weighted by Crippen LogP contribution is 2.13. The normalized spacial score (nSPS) is 22.0. The zero-order chi connectivity index (χ0) is 13.9. The Morgan fingerprint density at radius 2 is 1.90 bits per heavy atom. The number of hydrogen-bond donors (Lipinski definition) is 1. The summed E-state index contributed by atoms with van der Waals surface area (Å²) in [6, 6.07) is 3.35. The highest BCUT2D eigenvalue weighted by Gasteiger charge is 2.30. The van der Waals surface area contributed by atoms with Gasteiger partial charge in [0.2, 0.25) is 5.91 Å². The van der Waals surface area contributed by atoms with E-state index in [9.17, 15) is 9.59 Å². The maximum absolute atomic E-state index is 12.2. The molecule has 1 aromatic heterocycles. The first kappa shape index (κ1) is 15.9. The molecule has 0 bridgehead atoms. The number of piperazine rings is 1. The lowest BCUT2D eigenvalue weighted by Gasteiger charge is -2.35. The maximum Gasteiger partial charge on any atom is 0.289 e. The van der Waals surface area contributed by atoms with E-state index in [0.717, 1.165) is 19.4 Å². The summed E-state index contributed by atoms with van der Waals surface area (Å²) in [5.74, 6) is 0.441. The fraction of sp³-hybridized carbons (Fsp3) is 0.571. The summed E-state index contributed by atoms with van der Waals surface area (Å²) in [7, 11) is 0. The van der Waals surface area contributed by atoms with Gasteiger partial charge in [0.15, 0.2) is 5.76 Å². The Labute approximate surface area is 129 Å². The SMILES string of the molecule is Cl.O=C(c1ccco1)N1CCN(C(=O)C2CCCN2)CC1. The maximum atomic E-state index is 12.2. The van der Waals surface area contributed by atoms with Gasteiger partial charge >= 0.3 is 0 Å². The molecule has 21 heavy (non-hydrogen) atoms. The van der Waals surface area contributed by atoms with E-state index in [4.69, 9.17) is 4.42 Å². The molecule has 1 N–H and O–H groups in total. The van der Waals surface area contributed by atoms with Crippen LogP contribution in [0.2, 0.25) is 0 Å². The number of amides is 2. The van der Waals surface area contributed by atoms with Crippen molar-refractivity contribution in [1.82, 2.24) is 15.1 Å². The van der Waals surface area contributed by atoms with Crippen molar-refractivity contribution in [2.75, 3.05) is 32.7 Å². The minimum atomic E-state index is -0.0962. The molecule has 2 aliphatic heterocycles. The molecule has 2 amide bonds. The van der Waals surface area contributed by atoms with Crippen molar-refractivity contribution in [2.24, 2.45) is 0 Å². The van der Waals surface area contributed by atoms with Crippen LogP contribution in [0.25, 0.3) is 0 Å². The largest absolute Gasteiger partial charge is 0.459 e. The smallest absolute Gasteiger partial charge is 0.289 e. The van der Waals surface area contributed by atoms with Gasteiger partial charge in [-0.2, -0.15) is 0 Å². The van der Waals surface area contributed by atoms with Crippen molar-refractivity contribution < 1.29 is 14.0 Å². The van der Waals surface area contributed by atoms with E-state index in [1.807, 2.05) is 4.90 Å². The Kier molecular flexibility index (Phi) is 5.25. The summed E-state index contributed by atoms with van der Waals surface area (Å²) in [5, 5.41) is 3.22. The molecule has 2 aliphatic rings. The number of hydrogen-bond acceptors (Lipinski definition) is 4. The van der Waals surface area contributed by atoms with Crippen LogP contribution >= 0.6 is 12.4 Å². The topological polar surface area (TPSA) is 65.8 Å². The van der Waals surface area contributed by atoms with Gasteiger partial charge in [0, 0.05) is 26.2 Å². The molecule has 0 saturated carbocycles. The molecule has 0 aliphatic carbocycles. The molecule has 3 rings (SSSR count). The Hall–Kier alpha value is -1.53. The number of carbonyl (C=O) groups excluding carboxylic acids is 2. The highest BCUT2D eigenvalue weighted by atomic mass is 35.5. The summed E-state index contributed by atoms with van der Waals surface area (Å²) < 4.78 is 5.12. The van der Waals surface area contributed by atoms with Crippen molar-refractivity contribution in [1.29, 1.82) is 0 Å². The predicted molar refractivity (Wildman–Crippen MR) is 79.5 cm³/mol. The molecule has 7 heteroatoms. The first-order valence-corrected chi connectivity index (χ1v) is 7.10. The molecular formula is C14H20ClN3O3. The molecule has 1 atom stereocenters. The number of nitrogens with one attached hydrogen (secondary N) is 1. The van der Waals surface area contributed by atoms with Crippen LogP contribution in [0, 0.1) is 0 Å². The van der Waals surface area contributed by atoms with Gasteiger partial charge in [0.25, 0.3) is 5.91 Å². The zero-order valence-electron chi connectivity index (χ0n) is 11.8. The van der Waals surface area contributed by atoms with E-state index >= 15 is 0 Å². The third-order valence-electron chi connectivity index (χ3n) is 3.97. The lowest BCUT2D eigenvalue weighted by atomic mass is 10.2. The van der Waals surface area contributed by atoms with E-state index in [-0.39, 0.29) is 30.3 Å². The van der Waals surface area contributed by atoms with E-state index < -0.39 is 0 Å². The second kappa shape index (κ2) is 6.95. The molecule has 2 saturated heterocycles. The Balaban J connectivity index is 0.00000161. The Bertz CT molecular complexity index is 478. The van der Waals surface area contributed by atoms with Gasteiger partial charge in [0.05, 0.1) is 12.3 Å². The van der Waals surface area contributed by atoms with Crippen LogP contribution in [0.1, 0.15) is 23.4 Å². The predicted octanol–water partition coefficient (Wildman–Crippen LogP) is 0.738. The van der Waals surface area contributed by atoms with Crippen LogP contribution in [-0.4, -0.2) is 60.4 Å². The summed E-state index contributed by atoms with van der Waals surface area (Å²) in [6.07, 6.45) is 3.48. The molecule has 116 valence electrons. The molecule has 1 unspecified atom stereocenters. The van der Waals surface area contributed by atoms with Crippen LogP contribution < -0.4 is 5.32 Å². The van der Waals surface area contributed by atoms with Gasteiger partial charge in [0.1, 0.15) is 0 Å². The standard InChI is InChI=1S/C14H19N3O3.ClH/c18-13(11-3-1-5-15-11)16-6-8-17(9-7-16)14(19)12-4-2-10-20-12;/h2,4,10-11,15H,1,3,5-9H2;1H. The third-order valence-corrected chi connectivity index (χ3v) is 3.97. The number of nitrogens with zero attached hydrogens (tertiary/aromatic N) is 2. The molecule has 0 spiro atoms. The lowest BCUT2D eigenvalue weighted by Crippen LogP contribution is -2.54. The van der Waals surface area contributed by atoms with Crippen LogP contribution in [-0.2, 0) is 4.79 Å². The molecule has 0 aromatic carbocycles. The van der Waals surface area contributed by atoms with Crippen LogP contribution in [0.3, 0.4) is 0 Å². The molecule has 0 radical (unpaired) electrons. The minimum Gasteiger partial charge on any atom is -0.459 e. The first-order chi connectivity index (χ1) is 9.75.